The molecule has 1 heterocycles. The Morgan fingerprint density at radius 2 is 2.13 bits per heavy atom. The number of hydrogen-bond donors (Lipinski definition) is 1. The Morgan fingerprint density at radius 1 is 1.40 bits per heavy atom. The van der Waals surface area contributed by atoms with Gasteiger partial charge in [-0.2, -0.15) is 5.10 Å². The Labute approximate surface area is 96.5 Å². The number of para-hydroxylation sites is 1. The first-order chi connectivity index (χ1) is 7.18. The molecule has 3 nitrogen and oxygen atoms in total. The highest BCUT2D eigenvalue weighted by molar-refractivity contribution is 9.10. The molecule has 0 aliphatic rings. The van der Waals surface area contributed by atoms with Crippen LogP contribution in [0.5, 0.6) is 0 Å². The predicted molar refractivity (Wildman–Crippen MR) is 61.9 cm³/mol. The predicted octanol–water partition coefficient (Wildman–Crippen LogP) is 2.69. The number of nitrogens with zero attached hydrogens (tertiary/aromatic N) is 2. The molecule has 1 aromatic carbocycles. The minimum absolute atomic E-state index is 0.496. The van der Waals surface area contributed by atoms with Gasteiger partial charge in [0, 0.05) is 11.8 Å². The highest BCUT2D eigenvalue weighted by atomic mass is 79.9. The van der Waals surface area contributed by atoms with Crippen molar-refractivity contribution < 1.29 is 5.11 Å². The average Bonchev–Trinajstić information content (AvgIpc) is 2.65. The number of rotatable bonds is 2. The Kier molecular flexibility index (Phi) is 2.88. The van der Waals surface area contributed by atoms with Crippen molar-refractivity contribution >= 4 is 15.9 Å². The molecule has 0 radical (unpaired) electrons. The molecular weight excluding hydrogens is 256 g/mol. The Morgan fingerprint density at radius 3 is 2.73 bits per heavy atom. The van der Waals surface area contributed by atoms with E-state index in [1.54, 1.807) is 17.8 Å². The minimum atomic E-state index is -0.496. The van der Waals surface area contributed by atoms with Gasteiger partial charge in [0.15, 0.2) is 0 Å². The molecule has 1 atom stereocenters. The van der Waals surface area contributed by atoms with Crippen LogP contribution in [-0.2, 0) is 0 Å². The monoisotopic (exact) mass is 266 g/mol. The fourth-order valence-corrected chi connectivity index (χ4v) is 1.77. The van der Waals surface area contributed by atoms with E-state index < -0.39 is 6.10 Å². The number of aliphatic hydroxyl groups is 1. The third kappa shape index (κ3) is 2.11. The molecular formula is C11H11BrN2O. The largest absolute Gasteiger partial charge is 0.389 e. The second-order valence-corrected chi connectivity index (χ2v) is 4.25. The van der Waals surface area contributed by atoms with Crippen LogP contribution in [0.1, 0.15) is 18.6 Å². The summed E-state index contributed by atoms with van der Waals surface area (Å²) in [6, 6.07) is 7.66. The van der Waals surface area contributed by atoms with Crippen LogP contribution in [-0.4, -0.2) is 14.9 Å². The van der Waals surface area contributed by atoms with E-state index in [2.05, 4.69) is 21.0 Å². The fourth-order valence-electron chi connectivity index (χ4n) is 1.48. The van der Waals surface area contributed by atoms with Gasteiger partial charge in [-0.3, -0.25) is 0 Å². The molecule has 1 N–H and O–H groups in total. The molecule has 4 heteroatoms. The summed E-state index contributed by atoms with van der Waals surface area (Å²) in [5.74, 6) is 0. The lowest BCUT2D eigenvalue weighted by Crippen LogP contribution is -2.02. The quantitative estimate of drug-likeness (QED) is 0.908. The van der Waals surface area contributed by atoms with Crippen molar-refractivity contribution in [2.45, 2.75) is 13.0 Å². The second-order valence-electron chi connectivity index (χ2n) is 3.34. The summed E-state index contributed by atoms with van der Waals surface area (Å²) < 4.78 is 2.66. The van der Waals surface area contributed by atoms with Gasteiger partial charge in [0.2, 0.25) is 0 Å². The lowest BCUT2D eigenvalue weighted by molar-refractivity contribution is 0.199. The van der Waals surface area contributed by atoms with Gasteiger partial charge in [0.05, 0.1) is 22.5 Å². The fraction of sp³-hybridized carbons (Fsp3) is 0.182. The van der Waals surface area contributed by atoms with Crippen LogP contribution in [0.3, 0.4) is 0 Å². The molecule has 2 rings (SSSR count). The summed E-state index contributed by atoms with van der Waals surface area (Å²) >= 11 is 3.35. The van der Waals surface area contributed by atoms with E-state index in [1.807, 2.05) is 30.5 Å². The van der Waals surface area contributed by atoms with Gasteiger partial charge < -0.3 is 5.11 Å². The van der Waals surface area contributed by atoms with Crippen molar-refractivity contribution in [3.8, 4) is 5.69 Å². The first kappa shape index (κ1) is 10.4. The van der Waals surface area contributed by atoms with Gasteiger partial charge in [-0.15, -0.1) is 0 Å². The zero-order valence-electron chi connectivity index (χ0n) is 8.26. The van der Waals surface area contributed by atoms with Crippen LogP contribution < -0.4 is 0 Å². The molecule has 1 aromatic heterocycles. The summed E-state index contributed by atoms with van der Waals surface area (Å²) in [4.78, 5) is 0. The first-order valence-corrected chi connectivity index (χ1v) is 5.45. The van der Waals surface area contributed by atoms with Gasteiger partial charge in [-0.1, -0.05) is 18.2 Å². The molecule has 78 valence electrons. The number of hydrogen-bond acceptors (Lipinski definition) is 2. The normalized spacial score (nSPS) is 12.7. The van der Waals surface area contributed by atoms with Crippen molar-refractivity contribution in [2.24, 2.45) is 0 Å². The van der Waals surface area contributed by atoms with Crippen molar-refractivity contribution in [1.29, 1.82) is 0 Å². The molecule has 15 heavy (non-hydrogen) atoms. The summed E-state index contributed by atoms with van der Waals surface area (Å²) in [5.41, 5.74) is 1.77. The zero-order chi connectivity index (χ0) is 10.8. The van der Waals surface area contributed by atoms with Gasteiger partial charge in [-0.25, -0.2) is 4.68 Å². The molecule has 0 amide bonds. The van der Waals surface area contributed by atoms with Crippen molar-refractivity contribution in [2.75, 3.05) is 0 Å². The number of aromatic nitrogens is 2. The summed E-state index contributed by atoms with van der Waals surface area (Å²) in [7, 11) is 0. The van der Waals surface area contributed by atoms with Crippen molar-refractivity contribution in [3.63, 3.8) is 0 Å². The van der Waals surface area contributed by atoms with Gasteiger partial charge in [0.25, 0.3) is 0 Å². The van der Waals surface area contributed by atoms with E-state index in [-0.39, 0.29) is 0 Å². The molecule has 0 aliphatic heterocycles. The number of aliphatic hydroxyl groups excluding tert-OH is 1. The molecule has 0 aliphatic carbocycles. The summed E-state index contributed by atoms with van der Waals surface area (Å²) in [5, 5.41) is 13.8. The van der Waals surface area contributed by atoms with Crippen LogP contribution in [0, 0.1) is 0 Å². The van der Waals surface area contributed by atoms with Crippen LogP contribution in [0.15, 0.2) is 41.1 Å². The molecule has 0 saturated heterocycles. The van der Waals surface area contributed by atoms with Crippen LogP contribution in [0.25, 0.3) is 5.69 Å². The van der Waals surface area contributed by atoms with Gasteiger partial charge in [-0.05, 0) is 28.9 Å². The smallest absolute Gasteiger partial charge is 0.0782 e. The third-order valence-corrected chi connectivity index (χ3v) is 2.59. The standard InChI is InChI=1S/C11H11BrN2O/c1-8(15)10-4-2-3-5-11(10)14-7-9(12)6-13-14/h2-8,15H,1H3/t8-/m0/s1. The lowest BCUT2D eigenvalue weighted by atomic mass is 10.1. The maximum Gasteiger partial charge on any atom is 0.0782 e. The van der Waals surface area contributed by atoms with E-state index in [0.717, 1.165) is 15.7 Å². The highest BCUT2D eigenvalue weighted by Crippen LogP contribution is 2.21. The van der Waals surface area contributed by atoms with Gasteiger partial charge in [0.1, 0.15) is 0 Å². The molecule has 2 aromatic rings. The Bertz CT molecular complexity index is 465. The second kappa shape index (κ2) is 4.16. The van der Waals surface area contributed by atoms with E-state index >= 15 is 0 Å². The Hall–Kier alpha value is -1.13. The van der Waals surface area contributed by atoms with E-state index in [1.165, 1.54) is 0 Å². The van der Waals surface area contributed by atoms with Crippen molar-refractivity contribution in [3.05, 3.63) is 46.7 Å². The van der Waals surface area contributed by atoms with E-state index in [4.69, 9.17) is 0 Å². The van der Waals surface area contributed by atoms with Crippen LogP contribution in [0.4, 0.5) is 0 Å². The van der Waals surface area contributed by atoms with Gasteiger partial charge >= 0.3 is 0 Å². The first-order valence-electron chi connectivity index (χ1n) is 4.66. The SMILES string of the molecule is C[C@H](O)c1ccccc1-n1cc(Br)cn1. The molecule has 0 saturated carbocycles. The maximum atomic E-state index is 9.62. The Balaban J connectivity index is 2.52. The molecule has 0 fully saturated rings. The average molecular weight is 267 g/mol. The number of benzene rings is 1. The summed E-state index contributed by atoms with van der Waals surface area (Å²) in [6.45, 7) is 1.75. The maximum absolute atomic E-state index is 9.62. The zero-order valence-corrected chi connectivity index (χ0v) is 9.85. The highest BCUT2D eigenvalue weighted by Gasteiger charge is 2.09. The molecule has 0 unspecified atom stereocenters. The topological polar surface area (TPSA) is 38.0 Å². The van der Waals surface area contributed by atoms with E-state index in [0.29, 0.717) is 0 Å². The molecule has 0 spiro atoms. The third-order valence-electron chi connectivity index (χ3n) is 2.18. The molecule has 0 bridgehead atoms. The minimum Gasteiger partial charge on any atom is -0.389 e. The van der Waals surface area contributed by atoms with Crippen LogP contribution in [0.2, 0.25) is 0 Å². The lowest BCUT2D eigenvalue weighted by Gasteiger charge is -2.11. The summed E-state index contributed by atoms with van der Waals surface area (Å²) in [6.07, 6.45) is 3.09. The van der Waals surface area contributed by atoms with Crippen LogP contribution >= 0.6 is 15.9 Å². The van der Waals surface area contributed by atoms with E-state index in [9.17, 15) is 5.11 Å². The number of halogens is 1. The van der Waals surface area contributed by atoms with Crippen molar-refractivity contribution in [1.82, 2.24) is 9.78 Å².